The molecule has 0 fully saturated rings. The van der Waals surface area contributed by atoms with Crippen molar-refractivity contribution in [2.24, 2.45) is 5.10 Å². The number of hydrogen-bond donors (Lipinski definition) is 2. The van der Waals surface area contributed by atoms with Crippen molar-refractivity contribution in [2.45, 2.75) is 12.6 Å². The predicted molar refractivity (Wildman–Crippen MR) is 114 cm³/mol. The summed E-state index contributed by atoms with van der Waals surface area (Å²) in [7, 11) is 1.51. The summed E-state index contributed by atoms with van der Waals surface area (Å²) in [5.74, 6) is 0.132. The Kier molecular flexibility index (Phi) is 7.13. The van der Waals surface area contributed by atoms with Crippen molar-refractivity contribution in [1.29, 1.82) is 0 Å². The van der Waals surface area contributed by atoms with E-state index in [0.717, 1.165) is 12.1 Å². The van der Waals surface area contributed by atoms with Crippen LogP contribution in [0.2, 0.25) is 5.02 Å². The topological polar surface area (TPSA) is 75.6 Å². The molecule has 0 unspecified atom stereocenters. The average Bonchev–Trinajstić information content (AvgIpc) is 3.14. The molecule has 1 heterocycles. The van der Waals surface area contributed by atoms with Gasteiger partial charge in [-0.05, 0) is 42.0 Å². The molecule has 0 bridgehead atoms. The van der Waals surface area contributed by atoms with Gasteiger partial charge in [0.05, 0.1) is 36.0 Å². The molecule has 3 rings (SSSR count). The standard InChI is InChI=1S/C20H16ClF3N4O2S/c1-30-17-6-5-12(7-16(17)21)10-25-28-18(29)9-15-11-31-19(27-15)26-14-4-2-3-13(8-14)20(22,23)24/h2-8,10-11H,9H2,1H3,(H,26,27)(H,28,29)/b25-10-. The zero-order chi connectivity index (χ0) is 22.4. The molecule has 3 aromatic rings. The number of carbonyl (C=O) groups excluding carboxylic acids is 1. The van der Waals surface area contributed by atoms with Crippen LogP contribution in [-0.2, 0) is 17.4 Å². The second-order valence-corrected chi connectivity index (χ2v) is 7.48. The maximum Gasteiger partial charge on any atom is 0.416 e. The van der Waals surface area contributed by atoms with Crippen molar-refractivity contribution in [3.05, 3.63) is 69.7 Å². The summed E-state index contributed by atoms with van der Waals surface area (Å²) in [5.41, 5.74) is 3.01. The van der Waals surface area contributed by atoms with Crippen LogP contribution in [0.4, 0.5) is 24.0 Å². The highest BCUT2D eigenvalue weighted by Crippen LogP contribution is 2.31. The first-order valence-electron chi connectivity index (χ1n) is 8.79. The maximum atomic E-state index is 12.8. The minimum atomic E-state index is -4.43. The molecule has 31 heavy (non-hydrogen) atoms. The van der Waals surface area contributed by atoms with E-state index in [1.807, 2.05) is 0 Å². The van der Waals surface area contributed by atoms with E-state index in [1.54, 1.807) is 23.6 Å². The Labute approximate surface area is 184 Å². The Morgan fingerprint density at radius 1 is 1.29 bits per heavy atom. The number of hydrazone groups is 1. The molecule has 2 N–H and O–H groups in total. The third kappa shape index (κ3) is 6.43. The lowest BCUT2D eigenvalue weighted by molar-refractivity contribution is -0.137. The number of aromatic nitrogens is 1. The Balaban J connectivity index is 1.55. The monoisotopic (exact) mass is 468 g/mol. The van der Waals surface area contributed by atoms with Crippen molar-refractivity contribution in [2.75, 3.05) is 12.4 Å². The second kappa shape index (κ2) is 9.80. The fraction of sp³-hybridized carbons (Fsp3) is 0.150. The molecule has 162 valence electrons. The van der Waals surface area contributed by atoms with Gasteiger partial charge in [0.1, 0.15) is 5.75 Å². The van der Waals surface area contributed by atoms with E-state index in [4.69, 9.17) is 16.3 Å². The van der Waals surface area contributed by atoms with E-state index in [0.29, 0.717) is 27.2 Å². The molecule has 0 aliphatic heterocycles. The zero-order valence-electron chi connectivity index (χ0n) is 16.0. The first-order chi connectivity index (χ1) is 14.7. The van der Waals surface area contributed by atoms with E-state index in [-0.39, 0.29) is 12.1 Å². The molecule has 11 heteroatoms. The van der Waals surface area contributed by atoms with Crippen LogP contribution in [0.15, 0.2) is 52.9 Å². The van der Waals surface area contributed by atoms with Crippen LogP contribution >= 0.6 is 22.9 Å². The fourth-order valence-electron chi connectivity index (χ4n) is 2.49. The highest BCUT2D eigenvalue weighted by Gasteiger charge is 2.30. The van der Waals surface area contributed by atoms with Crippen molar-refractivity contribution < 1.29 is 22.7 Å². The molecule has 0 radical (unpaired) electrons. The number of hydrogen-bond acceptors (Lipinski definition) is 6. The average molecular weight is 469 g/mol. The number of ether oxygens (including phenoxy) is 1. The molecular weight excluding hydrogens is 453 g/mol. The Morgan fingerprint density at radius 3 is 2.81 bits per heavy atom. The first kappa shape index (κ1) is 22.6. The summed E-state index contributed by atoms with van der Waals surface area (Å²) in [5, 5.41) is 9.12. The first-order valence-corrected chi connectivity index (χ1v) is 10.0. The number of anilines is 2. The largest absolute Gasteiger partial charge is 0.495 e. The van der Waals surface area contributed by atoms with Gasteiger partial charge in [-0.15, -0.1) is 11.3 Å². The molecule has 1 amide bonds. The van der Waals surface area contributed by atoms with Crippen LogP contribution in [-0.4, -0.2) is 24.2 Å². The second-order valence-electron chi connectivity index (χ2n) is 6.21. The SMILES string of the molecule is COc1ccc(/C=N\NC(=O)Cc2csc(Nc3cccc(C(F)(F)F)c3)n2)cc1Cl. The molecule has 0 saturated heterocycles. The van der Waals surface area contributed by atoms with E-state index < -0.39 is 17.6 Å². The molecule has 0 atom stereocenters. The van der Waals surface area contributed by atoms with E-state index in [1.165, 1.54) is 36.8 Å². The molecule has 0 aliphatic rings. The number of methoxy groups -OCH3 is 1. The quantitative estimate of drug-likeness (QED) is 0.366. The van der Waals surface area contributed by atoms with Crippen LogP contribution < -0.4 is 15.5 Å². The number of amides is 1. The van der Waals surface area contributed by atoms with Crippen LogP contribution in [0.5, 0.6) is 5.75 Å². The number of nitrogens with zero attached hydrogens (tertiary/aromatic N) is 2. The molecule has 6 nitrogen and oxygen atoms in total. The number of alkyl halides is 3. The van der Waals surface area contributed by atoms with Crippen molar-refractivity contribution in [3.8, 4) is 5.75 Å². The van der Waals surface area contributed by atoms with Gasteiger partial charge in [-0.2, -0.15) is 18.3 Å². The minimum absolute atomic E-state index is 0.0402. The van der Waals surface area contributed by atoms with Crippen LogP contribution in [0.1, 0.15) is 16.8 Å². The summed E-state index contributed by atoms with van der Waals surface area (Å²) in [4.78, 5) is 16.3. The molecular formula is C20H16ClF3N4O2S. The van der Waals surface area contributed by atoms with Crippen molar-refractivity contribution in [1.82, 2.24) is 10.4 Å². The Hall–Kier alpha value is -3.11. The van der Waals surface area contributed by atoms with E-state index >= 15 is 0 Å². The van der Waals surface area contributed by atoms with E-state index in [2.05, 4.69) is 20.8 Å². The number of carbonyl (C=O) groups is 1. The smallest absolute Gasteiger partial charge is 0.416 e. The molecule has 0 aliphatic carbocycles. The van der Waals surface area contributed by atoms with Gasteiger partial charge < -0.3 is 10.1 Å². The zero-order valence-corrected chi connectivity index (χ0v) is 17.6. The van der Waals surface area contributed by atoms with Crippen LogP contribution in [0.25, 0.3) is 0 Å². The molecule has 0 saturated carbocycles. The van der Waals surface area contributed by atoms with E-state index in [9.17, 15) is 18.0 Å². The summed E-state index contributed by atoms with van der Waals surface area (Å²) in [6, 6.07) is 9.84. The third-order valence-electron chi connectivity index (χ3n) is 3.91. The molecule has 1 aromatic heterocycles. The molecule has 0 spiro atoms. The van der Waals surface area contributed by atoms with Crippen LogP contribution in [0.3, 0.4) is 0 Å². The fourth-order valence-corrected chi connectivity index (χ4v) is 3.48. The highest BCUT2D eigenvalue weighted by atomic mass is 35.5. The van der Waals surface area contributed by atoms with Gasteiger partial charge in [-0.1, -0.05) is 17.7 Å². The number of halogens is 4. The Morgan fingerprint density at radius 2 is 2.10 bits per heavy atom. The summed E-state index contributed by atoms with van der Waals surface area (Å²) >= 11 is 7.20. The number of thiazole rings is 1. The lowest BCUT2D eigenvalue weighted by Gasteiger charge is -2.08. The van der Waals surface area contributed by atoms with Crippen LogP contribution in [0, 0.1) is 0 Å². The predicted octanol–water partition coefficient (Wildman–Crippen LogP) is 5.26. The Bertz CT molecular complexity index is 1100. The highest BCUT2D eigenvalue weighted by molar-refractivity contribution is 7.13. The normalized spacial score (nSPS) is 11.5. The summed E-state index contributed by atoms with van der Waals surface area (Å²) < 4.78 is 43.5. The molecule has 2 aromatic carbocycles. The van der Waals surface area contributed by atoms with Crippen molar-refractivity contribution in [3.63, 3.8) is 0 Å². The maximum absolute atomic E-state index is 12.8. The lowest BCUT2D eigenvalue weighted by Crippen LogP contribution is -2.19. The van der Waals surface area contributed by atoms with Gasteiger partial charge in [0.2, 0.25) is 5.91 Å². The number of rotatable bonds is 7. The number of nitrogens with one attached hydrogen (secondary N) is 2. The lowest BCUT2D eigenvalue weighted by atomic mass is 10.2. The number of benzene rings is 2. The van der Waals surface area contributed by atoms with Gasteiger partial charge in [-0.25, -0.2) is 10.4 Å². The summed E-state index contributed by atoms with van der Waals surface area (Å²) in [6.07, 6.45) is -3.03. The van der Waals surface area contributed by atoms with Gasteiger partial charge >= 0.3 is 6.18 Å². The van der Waals surface area contributed by atoms with Gasteiger partial charge in [0, 0.05) is 11.1 Å². The minimum Gasteiger partial charge on any atom is -0.495 e. The van der Waals surface area contributed by atoms with Gasteiger partial charge in [-0.3, -0.25) is 4.79 Å². The van der Waals surface area contributed by atoms with Crippen molar-refractivity contribution >= 4 is 45.9 Å². The summed E-state index contributed by atoms with van der Waals surface area (Å²) in [6.45, 7) is 0. The van der Waals surface area contributed by atoms with Gasteiger partial charge in [0.25, 0.3) is 0 Å². The van der Waals surface area contributed by atoms with Gasteiger partial charge in [0.15, 0.2) is 5.13 Å². The third-order valence-corrected chi connectivity index (χ3v) is 5.02.